The van der Waals surface area contributed by atoms with Gasteiger partial charge in [0.2, 0.25) is 15.9 Å². The Morgan fingerprint density at radius 2 is 1.71 bits per heavy atom. The number of nitrogens with one attached hydrogen (secondary N) is 2. The van der Waals surface area contributed by atoms with Gasteiger partial charge in [0, 0.05) is 11.0 Å². The molecule has 0 bridgehead atoms. The molecule has 2 N–H and O–H groups in total. The van der Waals surface area contributed by atoms with Crippen LogP contribution in [0, 0.1) is 0 Å². The maximum absolute atomic E-state index is 12.5. The molecular formula is C21H20N2O3S2. The Hall–Kier alpha value is -2.74. The summed E-state index contributed by atoms with van der Waals surface area (Å²) in [5.41, 5.74) is 1.74. The quantitative estimate of drug-likeness (QED) is 0.583. The summed E-state index contributed by atoms with van der Waals surface area (Å²) in [7, 11) is -2.10. The summed E-state index contributed by atoms with van der Waals surface area (Å²) in [6.07, 6.45) is 3.10. The van der Waals surface area contributed by atoms with E-state index in [4.69, 9.17) is 0 Å². The molecule has 2 aromatic carbocycles. The average Bonchev–Trinajstić information content (AvgIpc) is 3.26. The fourth-order valence-corrected chi connectivity index (χ4v) is 4.19. The van der Waals surface area contributed by atoms with Crippen LogP contribution in [0.1, 0.15) is 22.0 Å². The highest BCUT2D eigenvalue weighted by atomic mass is 32.2. The van der Waals surface area contributed by atoms with Gasteiger partial charge in [-0.15, -0.1) is 11.3 Å². The molecule has 0 saturated carbocycles. The number of rotatable bonds is 7. The third-order valence-corrected chi connectivity index (χ3v) is 6.50. The summed E-state index contributed by atoms with van der Waals surface area (Å²) in [6, 6.07) is 19.8. The lowest BCUT2D eigenvalue weighted by Gasteiger charge is -2.17. The monoisotopic (exact) mass is 412 g/mol. The van der Waals surface area contributed by atoms with Crippen LogP contribution < -0.4 is 10.0 Å². The van der Waals surface area contributed by atoms with Crippen LogP contribution in [0.25, 0.3) is 6.08 Å². The molecule has 144 valence electrons. The Morgan fingerprint density at radius 1 is 1.00 bits per heavy atom. The molecule has 1 atom stereocenters. The zero-order chi connectivity index (χ0) is 20.0. The molecule has 28 heavy (non-hydrogen) atoms. The summed E-state index contributed by atoms with van der Waals surface area (Å²) in [5.74, 6) is -0.228. The number of sulfonamides is 1. The largest absolute Gasteiger partial charge is 0.341 e. The van der Waals surface area contributed by atoms with Crippen molar-refractivity contribution in [2.75, 3.05) is 7.05 Å². The van der Waals surface area contributed by atoms with Gasteiger partial charge in [-0.1, -0.05) is 48.5 Å². The number of carbonyl (C=O) groups is 1. The molecule has 0 aliphatic rings. The lowest BCUT2D eigenvalue weighted by molar-refractivity contribution is -0.116. The predicted octanol–water partition coefficient (Wildman–Crippen LogP) is 3.58. The third kappa shape index (κ3) is 4.95. The van der Waals surface area contributed by atoms with Crippen molar-refractivity contribution in [1.82, 2.24) is 10.0 Å². The minimum absolute atomic E-state index is 0.179. The van der Waals surface area contributed by atoms with E-state index in [-0.39, 0.29) is 16.8 Å². The predicted molar refractivity (Wildman–Crippen MR) is 112 cm³/mol. The van der Waals surface area contributed by atoms with Crippen LogP contribution in [0.3, 0.4) is 0 Å². The van der Waals surface area contributed by atoms with Gasteiger partial charge < -0.3 is 5.32 Å². The Bertz CT molecular complexity index is 1040. The van der Waals surface area contributed by atoms with Crippen LogP contribution in [0.15, 0.2) is 83.1 Å². The fourth-order valence-electron chi connectivity index (χ4n) is 2.66. The minimum Gasteiger partial charge on any atom is -0.341 e. The van der Waals surface area contributed by atoms with Crippen molar-refractivity contribution in [3.05, 3.63) is 94.2 Å². The van der Waals surface area contributed by atoms with E-state index in [9.17, 15) is 13.2 Å². The molecule has 0 fully saturated rings. The topological polar surface area (TPSA) is 75.3 Å². The molecule has 1 aromatic heterocycles. The summed E-state index contributed by atoms with van der Waals surface area (Å²) in [4.78, 5) is 13.7. The van der Waals surface area contributed by atoms with E-state index in [0.29, 0.717) is 0 Å². The molecule has 0 saturated heterocycles. The highest BCUT2D eigenvalue weighted by molar-refractivity contribution is 7.89. The van der Waals surface area contributed by atoms with Gasteiger partial charge in [-0.25, -0.2) is 13.1 Å². The summed E-state index contributed by atoms with van der Waals surface area (Å²) >= 11 is 1.59. The van der Waals surface area contributed by atoms with Crippen LogP contribution in [0.4, 0.5) is 0 Å². The number of thiophene rings is 1. The van der Waals surface area contributed by atoms with Crippen LogP contribution in [-0.2, 0) is 14.8 Å². The first-order valence-corrected chi connectivity index (χ1v) is 11.0. The number of hydrogen-bond donors (Lipinski definition) is 2. The van der Waals surface area contributed by atoms with Gasteiger partial charge in [0.15, 0.2) is 0 Å². The minimum atomic E-state index is -3.47. The highest BCUT2D eigenvalue weighted by Gasteiger charge is 2.16. The maximum Gasteiger partial charge on any atom is 0.244 e. The van der Waals surface area contributed by atoms with Crippen LogP contribution >= 0.6 is 11.3 Å². The summed E-state index contributed by atoms with van der Waals surface area (Å²) in [5, 5.41) is 5.01. The van der Waals surface area contributed by atoms with Crippen molar-refractivity contribution in [2.24, 2.45) is 0 Å². The van der Waals surface area contributed by atoms with Gasteiger partial charge in [-0.05, 0) is 47.8 Å². The molecule has 0 radical (unpaired) electrons. The van der Waals surface area contributed by atoms with Crippen LogP contribution in [0.5, 0.6) is 0 Å². The Kier molecular flexibility index (Phi) is 6.41. The van der Waals surface area contributed by atoms with E-state index < -0.39 is 10.0 Å². The van der Waals surface area contributed by atoms with Crippen molar-refractivity contribution < 1.29 is 13.2 Å². The van der Waals surface area contributed by atoms with E-state index >= 15 is 0 Å². The van der Waals surface area contributed by atoms with Gasteiger partial charge in [0.1, 0.15) is 0 Å². The second-order valence-corrected chi connectivity index (χ2v) is 8.84. The van der Waals surface area contributed by atoms with Crippen molar-refractivity contribution in [3.8, 4) is 0 Å². The number of carbonyl (C=O) groups excluding carboxylic acids is 1. The normalized spacial score (nSPS) is 12.8. The van der Waals surface area contributed by atoms with Crippen molar-refractivity contribution in [3.63, 3.8) is 0 Å². The molecule has 7 heteroatoms. The molecule has 0 aliphatic carbocycles. The Labute approximate surface area is 168 Å². The molecule has 0 aliphatic heterocycles. The van der Waals surface area contributed by atoms with Crippen LogP contribution in [-0.4, -0.2) is 21.4 Å². The highest BCUT2D eigenvalue weighted by Crippen LogP contribution is 2.25. The first kappa shape index (κ1) is 20.0. The number of benzene rings is 2. The number of hydrogen-bond acceptors (Lipinski definition) is 4. The van der Waals surface area contributed by atoms with E-state index in [0.717, 1.165) is 16.0 Å². The SMILES string of the molecule is CNS(=O)(=O)c1ccc(/C=C/C(=O)NC(c2ccccc2)c2cccs2)cc1. The Balaban J connectivity index is 1.73. The molecule has 3 aromatic rings. The van der Waals surface area contributed by atoms with E-state index in [2.05, 4.69) is 10.0 Å². The van der Waals surface area contributed by atoms with E-state index in [1.165, 1.54) is 25.3 Å². The standard InChI is InChI=1S/C21H20N2O3S2/c1-22-28(25,26)18-12-9-16(10-13-18)11-14-20(24)23-21(19-8-5-15-27-19)17-6-3-2-4-7-17/h2-15,21-22H,1H3,(H,23,24)/b14-11+. The molecule has 3 rings (SSSR count). The summed E-state index contributed by atoms with van der Waals surface area (Å²) in [6.45, 7) is 0. The van der Waals surface area contributed by atoms with E-state index in [1.807, 2.05) is 47.8 Å². The second-order valence-electron chi connectivity index (χ2n) is 5.98. The lowest BCUT2D eigenvalue weighted by atomic mass is 10.1. The summed E-state index contributed by atoms with van der Waals surface area (Å²) < 4.78 is 25.8. The molecule has 1 amide bonds. The molecule has 0 spiro atoms. The van der Waals surface area contributed by atoms with E-state index in [1.54, 1.807) is 29.5 Å². The average molecular weight is 413 g/mol. The van der Waals surface area contributed by atoms with Crippen molar-refractivity contribution >= 4 is 33.3 Å². The fraction of sp³-hybridized carbons (Fsp3) is 0.0952. The van der Waals surface area contributed by atoms with Gasteiger partial charge in [-0.2, -0.15) is 0 Å². The first-order valence-electron chi connectivity index (χ1n) is 8.60. The maximum atomic E-state index is 12.5. The van der Waals surface area contributed by atoms with Gasteiger partial charge >= 0.3 is 0 Å². The zero-order valence-electron chi connectivity index (χ0n) is 15.2. The number of amides is 1. The molecular weight excluding hydrogens is 392 g/mol. The first-order chi connectivity index (χ1) is 13.5. The van der Waals surface area contributed by atoms with Crippen molar-refractivity contribution in [1.29, 1.82) is 0 Å². The van der Waals surface area contributed by atoms with Crippen molar-refractivity contribution in [2.45, 2.75) is 10.9 Å². The smallest absolute Gasteiger partial charge is 0.244 e. The third-order valence-electron chi connectivity index (χ3n) is 4.13. The van der Waals surface area contributed by atoms with Crippen LogP contribution in [0.2, 0.25) is 0 Å². The van der Waals surface area contributed by atoms with Gasteiger partial charge in [0.25, 0.3) is 0 Å². The van der Waals surface area contributed by atoms with Gasteiger partial charge in [0.05, 0.1) is 10.9 Å². The molecule has 1 unspecified atom stereocenters. The molecule has 1 heterocycles. The zero-order valence-corrected chi connectivity index (χ0v) is 16.8. The lowest BCUT2D eigenvalue weighted by Crippen LogP contribution is -2.27. The Morgan fingerprint density at radius 3 is 2.32 bits per heavy atom. The molecule has 5 nitrogen and oxygen atoms in total. The van der Waals surface area contributed by atoms with Gasteiger partial charge in [-0.3, -0.25) is 4.79 Å². The second kappa shape index (κ2) is 8.97.